The van der Waals surface area contributed by atoms with E-state index in [4.69, 9.17) is 4.74 Å². The van der Waals surface area contributed by atoms with Gasteiger partial charge < -0.3 is 9.64 Å². The molecule has 1 heterocycles. The third kappa shape index (κ3) is 4.35. The zero-order chi connectivity index (χ0) is 22.7. The number of carbonyl (C=O) groups is 4. The zero-order valence-corrected chi connectivity index (χ0v) is 18.1. The van der Waals surface area contributed by atoms with Gasteiger partial charge in [0.25, 0.3) is 17.7 Å². The standard InChI is InChI=1S/C24H26N2O5/c1-5-31-24(30)16(4)25(14-17-9-7-6-8-10-17)21(27)18-11-12-19-20(13-18)23(29)26(15(2)3)22(19)28/h6-13,15-16H,5,14H2,1-4H3. The second kappa shape index (κ2) is 9.12. The number of hydrogen-bond acceptors (Lipinski definition) is 5. The molecular weight excluding hydrogens is 396 g/mol. The van der Waals surface area contributed by atoms with Gasteiger partial charge in [-0.2, -0.15) is 0 Å². The summed E-state index contributed by atoms with van der Waals surface area (Å²) in [6.07, 6.45) is 0. The molecule has 1 unspecified atom stereocenters. The van der Waals surface area contributed by atoms with Gasteiger partial charge in [0.05, 0.1) is 17.7 Å². The van der Waals surface area contributed by atoms with Gasteiger partial charge in [0.15, 0.2) is 0 Å². The Hall–Kier alpha value is -3.48. The Morgan fingerprint density at radius 1 is 0.968 bits per heavy atom. The van der Waals surface area contributed by atoms with Crippen molar-refractivity contribution in [2.45, 2.75) is 46.3 Å². The highest BCUT2D eigenvalue weighted by atomic mass is 16.5. The van der Waals surface area contributed by atoms with Gasteiger partial charge in [0.2, 0.25) is 0 Å². The van der Waals surface area contributed by atoms with Gasteiger partial charge in [-0.1, -0.05) is 30.3 Å². The number of carbonyl (C=O) groups excluding carboxylic acids is 4. The van der Waals surface area contributed by atoms with E-state index in [-0.39, 0.29) is 41.8 Å². The Kier molecular flexibility index (Phi) is 6.53. The summed E-state index contributed by atoms with van der Waals surface area (Å²) >= 11 is 0. The molecule has 31 heavy (non-hydrogen) atoms. The molecule has 1 aliphatic heterocycles. The molecule has 0 radical (unpaired) electrons. The number of fused-ring (bicyclic) bond motifs is 1. The van der Waals surface area contributed by atoms with E-state index in [0.717, 1.165) is 5.56 Å². The molecule has 7 nitrogen and oxygen atoms in total. The van der Waals surface area contributed by atoms with Gasteiger partial charge in [-0.15, -0.1) is 0 Å². The van der Waals surface area contributed by atoms with Crippen LogP contribution in [0.1, 0.15) is 64.3 Å². The molecule has 3 amide bonds. The Morgan fingerprint density at radius 2 is 1.61 bits per heavy atom. The molecule has 0 saturated carbocycles. The summed E-state index contributed by atoms with van der Waals surface area (Å²) in [5, 5.41) is 0. The third-order valence-corrected chi connectivity index (χ3v) is 5.23. The fraction of sp³-hybridized carbons (Fsp3) is 0.333. The summed E-state index contributed by atoms with van der Waals surface area (Å²) in [6, 6.07) is 12.7. The second-order valence-corrected chi connectivity index (χ2v) is 7.68. The van der Waals surface area contributed by atoms with Crippen molar-refractivity contribution >= 4 is 23.7 Å². The van der Waals surface area contributed by atoms with Crippen LogP contribution < -0.4 is 0 Å². The van der Waals surface area contributed by atoms with Crippen molar-refractivity contribution in [3.8, 4) is 0 Å². The fourth-order valence-corrected chi connectivity index (χ4v) is 3.58. The molecular formula is C24H26N2O5. The van der Waals surface area contributed by atoms with Gasteiger partial charge in [-0.25, -0.2) is 4.79 Å². The van der Waals surface area contributed by atoms with Crippen LogP contribution in [0.4, 0.5) is 0 Å². The van der Waals surface area contributed by atoms with Gasteiger partial charge >= 0.3 is 5.97 Å². The third-order valence-electron chi connectivity index (χ3n) is 5.23. The maximum Gasteiger partial charge on any atom is 0.328 e. The number of imide groups is 1. The van der Waals surface area contributed by atoms with Crippen molar-refractivity contribution < 1.29 is 23.9 Å². The highest BCUT2D eigenvalue weighted by molar-refractivity contribution is 6.22. The summed E-state index contributed by atoms with van der Waals surface area (Å²) in [6.45, 7) is 7.24. The largest absolute Gasteiger partial charge is 0.464 e. The lowest BCUT2D eigenvalue weighted by Crippen LogP contribution is -2.43. The smallest absolute Gasteiger partial charge is 0.328 e. The van der Waals surface area contributed by atoms with Crippen molar-refractivity contribution in [2.75, 3.05) is 6.61 Å². The molecule has 7 heteroatoms. The summed E-state index contributed by atoms with van der Waals surface area (Å²) < 4.78 is 5.12. The lowest BCUT2D eigenvalue weighted by molar-refractivity contribution is -0.148. The van der Waals surface area contributed by atoms with Crippen LogP contribution in [-0.2, 0) is 16.1 Å². The molecule has 0 bridgehead atoms. The number of ether oxygens (including phenoxy) is 1. The molecule has 3 rings (SSSR count). The number of amides is 3. The highest BCUT2D eigenvalue weighted by Crippen LogP contribution is 2.27. The molecule has 1 aliphatic rings. The van der Waals surface area contributed by atoms with E-state index in [1.807, 2.05) is 30.3 Å². The predicted molar refractivity (Wildman–Crippen MR) is 114 cm³/mol. The minimum absolute atomic E-state index is 0.196. The minimum atomic E-state index is -0.828. The van der Waals surface area contributed by atoms with E-state index in [1.165, 1.54) is 28.0 Å². The second-order valence-electron chi connectivity index (χ2n) is 7.68. The maximum atomic E-state index is 13.4. The van der Waals surface area contributed by atoms with Gasteiger partial charge in [-0.05, 0) is 51.5 Å². The van der Waals surface area contributed by atoms with Crippen LogP contribution in [0.3, 0.4) is 0 Å². The molecule has 0 aliphatic carbocycles. The monoisotopic (exact) mass is 422 g/mol. The molecule has 0 N–H and O–H groups in total. The van der Waals surface area contributed by atoms with E-state index >= 15 is 0 Å². The number of hydrogen-bond donors (Lipinski definition) is 0. The van der Waals surface area contributed by atoms with E-state index in [1.54, 1.807) is 27.7 Å². The van der Waals surface area contributed by atoms with Crippen LogP contribution in [0.2, 0.25) is 0 Å². The Balaban J connectivity index is 1.96. The molecule has 162 valence electrons. The van der Waals surface area contributed by atoms with Crippen LogP contribution >= 0.6 is 0 Å². The first-order valence-electron chi connectivity index (χ1n) is 10.3. The van der Waals surface area contributed by atoms with E-state index < -0.39 is 23.8 Å². The molecule has 0 aromatic heterocycles. The van der Waals surface area contributed by atoms with E-state index in [2.05, 4.69) is 0 Å². The molecule has 1 atom stereocenters. The highest BCUT2D eigenvalue weighted by Gasteiger charge is 2.38. The lowest BCUT2D eigenvalue weighted by Gasteiger charge is -2.28. The maximum absolute atomic E-state index is 13.4. The van der Waals surface area contributed by atoms with Gasteiger partial charge in [0, 0.05) is 18.2 Å². The Morgan fingerprint density at radius 3 is 2.23 bits per heavy atom. The van der Waals surface area contributed by atoms with Crippen molar-refractivity contribution in [1.29, 1.82) is 0 Å². The van der Waals surface area contributed by atoms with Crippen LogP contribution in [-0.4, -0.2) is 52.2 Å². The van der Waals surface area contributed by atoms with Crippen molar-refractivity contribution in [2.24, 2.45) is 0 Å². The molecule has 0 spiro atoms. The molecule has 2 aromatic rings. The fourth-order valence-electron chi connectivity index (χ4n) is 3.58. The number of rotatable bonds is 7. The number of nitrogens with zero attached hydrogens (tertiary/aromatic N) is 2. The molecule has 2 aromatic carbocycles. The summed E-state index contributed by atoms with van der Waals surface area (Å²) in [4.78, 5) is 53.6. The van der Waals surface area contributed by atoms with Crippen molar-refractivity contribution in [3.05, 3.63) is 70.8 Å². The van der Waals surface area contributed by atoms with Gasteiger partial charge in [0.1, 0.15) is 6.04 Å². The lowest BCUT2D eigenvalue weighted by atomic mass is 10.0. The zero-order valence-electron chi connectivity index (χ0n) is 18.1. The first kappa shape index (κ1) is 22.2. The van der Waals surface area contributed by atoms with Crippen LogP contribution in [0.5, 0.6) is 0 Å². The number of esters is 1. The summed E-state index contributed by atoms with van der Waals surface area (Å²) in [5.41, 5.74) is 1.57. The van der Waals surface area contributed by atoms with Crippen molar-refractivity contribution in [3.63, 3.8) is 0 Å². The van der Waals surface area contributed by atoms with Gasteiger partial charge in [-0.3, -0.25) is 19.3 Å². The SMILES string of the molecule is CCOC(=O)C(C)N(Cc1ccccc1)C(=O)c1ccc2c(c1)C(=O)N(C(C)C)C2=O. The van der Waals surface area contributed by atoms with E-state index in [0.29, 0.717) is 0 Å². The topological polar surface area (TPSA) is 84.0 Å². The summed E-state index contributed by atoms with van der Waals surface area (Å²) in [7, 11) is 0. The minimum Gasteiger partial charge on any atom is -0.464 e. The van der Waals surface area contributed by atoms with Crippen LogP contribution in [0.25, 0.3) is 0 Å². The van der Waals surface area contributed by atoms with E-state index in [9.17, 15) is 19.2 Å². The Bertz CT molecular complexity index is 1020. The predicted octanol–water partition coefficient (Wildman–Crippen LogP) is 3.29. The first-order chi connectivity index (χ1) is 14.8. The normalized spacial score (nSPS) is 13.9. The van der Waals surface area contributed by atoms with Crippen molar-refractivity contribution in [1.82, 2.24) is 9.80 Å². The number of benzene rings is 2. The quantitative estimate of drug-likeness (QED) is 0.505. The van der Waals surface area contributed by atoms with Crippen LogP contribution in [0.15, 0.2) is 48.5 Å². The van der Waals surface area contributed by atoms with Crippen LogP contribution in [0, 0.1) is 0 Å². The first-order valence-corrected chi connectivity index (χ1v) is 10.3. The average Bonchev–Trinajstić information content (AvgIpc) is 3.01. The molecule has 0 fully saturated rings. The Labute approximate surface area is 181 Å². The molecule has 0 saturated heterocycles. The average molecular weight is 422 g/mol. The summed E-state index contributed by atoms with van der Waals surface area (Å²) in [5.74, 6) is -1.71.